The zero-order chi connectivity index (χ0) is 18.6. The predicted octanol–water partition coefficient (Wildman–Crippen LogP) is 3.27. The number of aromatic nitrogens is 1. The first-order valence-electron chi connectivity index (χ1n) is 7.98. The Balaban J connectivity index is 2.09. The number of carbonyl (C=O) groups is 3. The molecule has 6 heteroatoms. The van der Waals surface area contributed by atoms with E-state index in [0.29, 0.717) is 33.8 Å². The molecule has 132 valence electrons. The molecule has 0 bridgehead atoms. The topological polar surface area (TPSA) is 85.5 Å². The van der Waals surface area contributed by atoms with Gasteiger partial charge < -0.3 is 14.5 Å². The zero-order valence-corrected chi connectivity index (χ0v) is 14.8. The maximum absolute atomic E-state index is 12.4. The second kappa shape index (κ2) is 7.79. The van der Waals surface area contributed by atoms with Crippen molar-refractivity contribution in [2.24, 2.45) is 0 Å². The molecule has 1 aromatic carbocycles. The first-order chi connectivity index (χ1) is 11.8. The van der Waals surface area contributed by atoms with Crippen LogP contribution in [0.2, 0.25) is 0 Å². The van der Waals surface area contributed by atoms with Crippen molar-refractivity contribution in [3.8, 4) is 5.75 Å². The van der Waals surface area contributed by atoms with Crippen LogP contribution in [0.1, 0.15) is 56.3 Å². The Labute approximate surface area is 146 Å². The third kappa shape index (κ3) is 4.15. The summed E-state index contributed by atoms with van der Waals surface area (Å²) in [5.41, 5.74) is 2.44. The number of rotatable bonds is 7. The van der Waals surface area contributed by atoms with E-state index in [1.165, 1.54) is 6.92 Å². The van der Waals surface area contributed by atoms with Crippen LogP contribution >= 0.6 is 0 Å². The molecule has 0 radical (unpaired) electrons. The van der Waals surface area contributed by atoms with Crippen LogP contribution in [0.3, 0.4) is 0 Å². The minimum Gasteiger partial charge on any atom is -0.485 e. The van der Waals surface area contributed by atoms with Crippen LogP contribution in [-0.2, 0) is 4.74 Å². The third-order valence-corrected chi connectivity index (χ3v) is 3.83. The number of ketones is 2. The normalized spacial score (nSPS) is 10.4. The van der Waals surface area contributed by atoms with Gasteiger partial charge in [0.05, 0.1) is 17.9 Å². The van der Waals surface area contributed by atoms with Gasteiger partial charge in [-0.3, -0.25) is 9.59 Å². The number of ether oxygens (including phenoxy) is 2. The van der Waals surface area contributed by atoms with Crippen molar-refractivity contribution in [3.63, 3.8) is 0 Å². The highest BCUT2D eigenvalue weighted by Gasteiger charge is 2.23. The van der Waals surface area contributed by atoms with Crippen LogP contribution < -0.4 is 4.74 Å². The fourth-order valence-corrected chi connectivity index (χ4v) is 2.55. The fourth-order valence-electron chi connectivity index (χ4n) is 2.55. The minimum absolute atomic E-state index is 0.0355. The van der Waals surface area contributed by atoms with Gasteiger partial charge in [-0.05, 0) is 57.5 Å². The quantitative estimate of drug-likeness (QED) is 0.616. The summed E-state index contributed by atoms with van der Waals surface area (Å²) in [4.78, 5) is 38.6. The summed E-state index contributed by atoms with van der Waals surface area (Å²) in [6, 6.07) is 6.57. The zero-order valence-electron chi connectivity index (χ0n) is 14.8. The average Bonchev–Trinajstić information content (AvgIpc) is 2.88. The number of esters is 1. The van der Waals surface area contributed by atoms with Gasteiger partial charge in [-0.2, -0.15) is 0 Å². The van der Waals surface area contributed by atoms with Gasteiger partial charge in [0.1, 0.15) is 5.75 Å². The first kappa shape index (κ1) is 18.4. The largest absolute Gasteiger partial charge is 0.485 e. The molecule has 6 nitrogen and oxygen atoms in total. The maximum atomic E-state index is 12.4. The molecular weight excluding hydrogens is 322 g/mol. The highest BCUT2D eigenvalue weighted by molar-refractivity contribution is 6.02. The second-order valence-electron chi connectivity index (χ2n) is 5.64. The summed E-state index contributed by atoms with van der Waals surface area (Å²) >= 11 is 0. The van der Waals surface area contributed by atoms with E-state index in [9.17, 15) is 14.4 Å². The molecule has 0 aliphatic carbocycles. The van der Waals surface area contributed by atoms with Gasteiger partial charge in [0.15, 0.2) is 12.4 Å². The van der Waals surface area contributed by atoms with Crippen molar-refractivity contribution < 1.29 is 23.9 Å². The lowest BCUT2D eigenvalue weighted by molar-refractivity contribution is 0.0525. The summed E-state index contributed by atoms with van der Waals surface area (Å²) in [5.74, 6) is -0.267. The van der Waals surface area contributed by atoms with Crippen molar-refractivity contribution >= 4 is 17.5 Å². The van der Waals surface area contributed by atoms with Crippen molar-refractivity contribution in [3.05, 3.63) is 52.3 Å². The molecule has 0 saturated heterocycles. The molecular formula is C19H21NO5. The molecule has 2 rings (SSSR count). The number of H-pyrrole nitrogens is 1. The van der Waals surface area contributed by atoms with E-state index in [1.807, 2.05) is 0 Å². The van der Waals surface area contributed by atoms with Crippen molar-refractivity contribution in [1.82, 2.24) is 4.98 Å². The maximum Gasteiger partial charge on any atom is 0.340 e. The van der Waals surface area contributed by atoms with Gasteiger partial charge in [-0.25, -0.2) is 4.79 Å². The molecule has 0 unspecified atom stereocenters. The van der Waals surface area contributed by atoms with E-state index in [-0.39, 0.29) is 24.8 Å². The molecule has 0 fully saturated rings. The van der Waals surface area contributed by atoms with Crippen LogP contribution in [-0.4, -0.2) is 35.7 Å². The Morgan fingerprint density at radius 2 is 1.72 bits per heavy atom. The molecule has 0 aliphatic rings. The predicted molar refractivity (Wildman–Crippen MR) is 92.5 cm³/mol. The molecule has 0 spiro atoms. The molecule has 1 heterocycles. The van der Waals surface area contributed by atoms with Gasteiger partial charge in [0.25, 0.3) is 0 Å². The van der Waals surface area contributed by atoms with Crippen LogP contribution in [0.4, 0.5) is 0 Å². The van der Waals surface area contributed by atoms with E-state index in [0.717, 1.165) is 0 Å². The van der Waals surface area contributed by atoms with Gasteiger partial charge in [-0.15, -0.1) is 0 Å². The standard InChI is InChI=1S/C19H21NO5/c1-5-24-19(23)17-11(2)18(20-12(17)3)16(22)10-25-15-8-6-14(7-9-15)13(4)21/h6-9,20H,5,10H2,1-4H3. The average molecular weight is 343 g/mol. The number of carbonyl (C=O) groups excluding carboxylic acids is 3. The first-order valence-corrected chi connectivity index (χ1v) is 7.98. The molecule has 0 aliphatic heterocycles. The van der Waals surface area contributed by atoms with E-state index in [4.69, 9.17) is 9.47 Å². The number of Topliss-reactive ketones (excluding diaryl/α,β-unsaturated/α-hetero) is 2. The number of hydrogen-bond donors (Lipinski definition) is 1. The van der Waals surface area contributed by atoms with Gasteiger partial charge in [0, 0.05) is 11.3 Å². The van der Waals surface area contributed by atoms with Crippen molar-refractivity contribution in [2.75, 3.05) is 13.2 Å². The van der Waals surface area contributed by atoms with Gasteiger partial charge >= 0.3 is 5.97 Å². The van der Waals surface area contributed by atoms with Crippen molar-refractivity contribution in [2.45, 2.75) is 27.7 Å². The Kier molecular flexibility index (Phi) is 5.75. The molecule has 0 amide bonds. The third-order valence-electron chi connectivity index (χ3n) is 3.83. The smallest absolute Gasteiger partial charge is 0.340 e. The molecule has 25 heavy (non-hydrogen) atoms. The van der Waals surface area contributed by atoms with E-state index < -0.39 is 5.97 Å². The Morgan fingerprint density at radius 3 is 2.28 bits per heavy atom. The van der Waals surface area contributed by atoms with E-state index in [1.54, 1.807) is 45.0 Å². The number of aromatic amines is 1. The lowest BCUT2D eigenvalue weighted by Crippen LogP contribution is -2.14. The molecule has 0 atom stereocenters. The van der Waals surface area contributed by atoms with E-state index in [2.05, 4.69) is 4.98 Å². The van der Waals surface area contributed by atoms with Gasteiger partial charge in [0.2, 0.25) is 5.78 Å². The minimum atomic E-state index is -0.450. The SMILES string of the molecule is CCOC(=O)c1c(C)[nH]c(C(=O)COc2ccc(C(C)=O)cc2)c1C. The van der Waals surface area contributed by atoms with Crippen LogP contribution in [0.25, 0.3) is 0 Å². The summed E-state index contributed by atoms with van der Waals surface area (Å²) in [5, 5.41) is 0. The lowest BCUT2D eigenvalue weighted by atomic mass is 10.1. The number of benzene rings is 1. The summed E-state index contributed by atoms with van der Waals surface area (Å²) < 4.78 is 10.5. The Hall–Kier alpha value is -2.89. The molecule has 1 aromatic heterocycles. The van der Waals surface area contributed by atoms with Crippen LogP contribution in [0.5, 0.6) is 5.75 Å². The Morgan fingerprint density at radius 1 is 1.08 bits per heavy atom. The monoisotopic (exact) mass is 343 g/mol. The van der Waals surface area contributed by atoms with E-state index >= 15 is 0 Å². The molecule has 2 aromatic rings. The van der Waals surface area contributed by atoms with Crippen LogP contribution in [0, 0.1) is 13.8 Å². The number of nitrogens with one attached hydrogen (secondary N) is 1. The summed E-state index contributed by atoms with van der Waals surface area (Å²) in [6.07, 6.45) is 0. The Bertz CT molecular complexity index is 802. The van der Waals surface area contributed by atoms with Crippen LogP contribution in [0.15, 0.2) is 24.3 Å². The summed E-state index contributed by atoms with van der Waals surface area (Å²) in [6.45, 7) is 6.72. The fraction of sp³-hybridized carbons (Fsp3) is 0.316. The number of hydrogen-bond acceptors (Lipinski definition) is 5. The van der Waals surface area contributed by atoms with Crippen molar-refractivity contribution in [1.29, 1.82) is 0 Å². The summed E-state index contributed by atoms with van der Waals surface area (Å²) in [7, 11) is 0. The second-order valence-corrected chi connectivity index (χ2v) is 5.64. The highest BCUT2D eigenvalue weighted by Crippen LogP contribution is 2.20. The molecule has 0 saturated carbocycles. The molecule has 1 N–H and O–H groups in total. The van der Waals surface area contributed by atoms with Gasteiger partial charge in [-0.1, -0.05) is 0 Å². The number of aryl methyl sites for hydroxylation is 1. The highest BCUT2D eigenvalue weighted by atomic mass is 16.5. The lowest BCUT2D eigenvalue weighted by Gasteiger charge is -2.06.